The fourth-order valence-electron chi connectivity index (χ4n) is 6.09. The molecule has 3 heterocycles. The number of para-hydroxylation sites is 2. The van der Waals surface area contributed by atoms with Crippen LogP contribution in [-0.4, -0.2) is 87.1 Å². The summed E-state index contributed by atoms with van der Waals surface area (Å²) in [6, 6.07) is 9.33. The van der Waals surface area contributed by atoms with E-state index in [-0.39, 0.29) is 5.82 Å². The first kappa shape index (κ1) is 31.3. The molecule has 9 nitrogen and oxygen atoms in total. The number of aromatic nitrogens is 4. The van der Waals surface area contributed by atoms with Crippen LogP contribution in [0.4, 0.5) is 20.5 Å². The summed E-state index contributed by atoms with van der Waals surface area (Å²) in [5.41, 5.74) is 1.61. The third-order valence-corrected chi connectivity index (χ3v) is 8.25. The van der Waals surface area contributed by atoms with E-state index in [0.29, 0.717) is 80.0 Å². The van der Waals surface area contributed by atoms with E-state index in [0.717, 1.165) is 32.2 Å². The lowest BCUT2D eigenvalue weighted by molar-refractivity contribution is 0.0162. The van der Waals surface area contributed by atoms with Crippen LogP contribution in [-0.2, 0) is 4.74 Å². The highest BCUT2D eigenvalue weighted by Gasteiger charge is 2.29. The van der Waals surface area contributed by atoms with Crippen LogP contribution in [0, 0.1) is 5.92 Å². The summed E-state index contributed by atoms with van der Waals surface area (Å²) in [7, 11) is 0. The van der Waals surface area contributed by atoms with Gasteiger partial charge in [0.05, 0.1) is 29.8 Å². The lowest BCUT2D eigenvalue weighted by Gasteiger charge is -2.39. The average molecular weight is 598 g/mol. The smallest absolute Gasteiger partial charge is 0.296 e. The summed E-state index contributed by atoms with van der Waals surface area (Å²) in [5.74, 6) is 1.58. The number of imidazole rings is 1. The zero-order valence-corrected chi connectivity index (χ0v) is 25.8. The normalized spacial score (nSPS) is 19.8. The van der Waals surface area contributed by atoms with E-state index in [1.54, 1.807) is 24.3 Å². The first-order valence-electron chi connectivity index (χ1n) is 15.4. The topological polar surface area (TPSA) is 91.6 Å². The number of allylic oxidation sites excluding steroid dienone is 1. The highest BCUT2D eigenvalue weighted by Crippen LogP contribution is 2.31. The number of rotatable bonds is 11. The van der Waals surface area contributed by atoms with E-state index in [2.05, 4.69) is 40.0 Å². The van der Waals surface area contributed by atoms with Gasteiger partial charge in [0.25, 0.3) is 6.43 Å². The number of nitrogens with zero attached hydrogens (tertiary/aromatic N) is 6. The van der Waals surface area contributed by atoms with E-state index in [1.165, 1.54) is 10.1 Å². The van der Waals surface area contributed by atoms with E-state index in [9.17, 15) is 13.9 Å². The van der Waals surface area contributed by atoms with Crippen molar-refractivity contribution in [3.05, 3.63) is 47.8 Å². The van der Waals surface area contributed by atoms with Gasteiger partial charge in [-0.15, -0.1) is 0 Å². The third-order valence-electron chi connectivity index (χ3n) is 8.25. The molecule has 43 heavy (non-hydrogen) atoms. The minimum atomic E-state index is -2.76. The maximum absolute atomic E-state index is 14.2. The molecule has 2 N–H and O–H groups in total. The van der Waals surface area contributed by atoms with Gasteiger partial charge in [-0.3, -0.25) is 9.47 Å². The van der Waals surface area contributed by atoms with Gasteiger partial charge in [-0.25, -0.2) is 13.8 Å². The van der Waals surface area contributed by atoms with Gasteiger partial charge in [0.2, 0.25) is 5.95 Å². The number of nitrogens with one attached hydrogen (secondary N) is 1. The SMILES string of the molecule is CC(C)=CCN(CC(C)(C)O)[C@H]1CC[C@H](CNc2nc(N3CCOCC3)cc(-n3c(C(F)F)nc4ccccc43)n2)CC1. The number of fused-ring (bicyclic) bond motifs is 1. The predicted molar refractivity (Wildman–Crippen MR) is 166 cm³/mol. The number of alkyl halides is 2. The molecule has 0 atom stereocenters. The summed E-state index contributed by atoms with van der Waals surface area (Å²) in [6.07, 6.45) is 3.68. The molecule has 5 rings (SSSR count). The van der Waals surface area contributed by atoms with Crippen LogP contribution in [0.25, 0.3) is 16.9 Å². The van der Waals surface area contributed by atoms with Gasteiger partial charge in [-0.1, -0.05) is 23.8 Å². The molecule has 234 valence electrons. The fraction of sp³-hybridized carbons (Fsp3) is 0.594. The average Bonchev–Trinajstić information content (AvgIpc) is 3.38. The Morgan fingerprint density at radius 1 is 1.09 bits per heavy atom. The van der Waals surface area contributed by atoms with Gasteiger partial charge in [-0.2, -0.15) is 9.97 Å². The van der Waals surface area contributed by atoms with E-state index >= 15 is 0 Å². The van der Waals surface area contributed by atoms with Crippen molar-refractivity contribution < 1.29 is 18.6 Å². The van der Waals surface area contributed by atoms with Gasteiger partial charge < -0.3 is 20.1 Å². The molecule has 2 aliphatic rings. The van der Waals surface area contributed by atoms with E-state index < -0.39 is 12.0 Å². The zero-order chi connectivity index (χ0) is 30.6. The van der Waals surface area contributed by atoms with Crippen molar-refractivity contribution in [1.82, 2.24) is 24.4 Å². The number of anilines is 2. The van der Waals surface area contributed by atoms with Crippen molar-refractivity contribution in [3.63, 3.8) is 0 Å². The number of ether oxygens (including phenoxy) is 1. The van der Waals surface area contributed by atoms with E-state index in [1.807, 2.05) is 19.9 Å². The highest BCUT2D eigenvalue weighted by atomic mass is 19.3. The minimum absolute atomic E-state index is 0.333. The molecule has 0 bridgehead atoms. The van der Waals surface area contributed by atoms with Crippen LogP contribution in [0.15, 0.2) is 42.0 Å². The Labute approximate surface area is 253 Å². The molecule has 1 aliphatic heterocycles. The van der Waals surface area contributed by atoms with Gasteiger partial charge >= 0.3 is 0 Å². The standard InChI is InChI=1S/C32H45F2N7O2/c1-22(2)13-14-40(21-32(3,4)42)24-11-9-23(10-12-24)20-35-31-37-27(39-15-17-43-18-16-39)19-28(38-31)41-26-8-6-5-7-25(26)36-30(41)29(33)34/h5-8,13,19,23-24,29,42H,9-12,14-18,20-21H2,1-4H3,(H,35,37,38)/t23-,24-. The van der Waals surface area contributed by atoms with Crippen LogP contribution in [0.1, 0.15) is 65.6 Å². The van der Waals surface area contributed by atoms with Crippen LogP contribution in [0.2, 0.25) is 0 Å². The van der Waals surface area contributed by atoms with Crippen LogP contribution >= 0.6 is 0 Å². The summed E-state index contributed by atoms with van der Waals surface area (Å²) in [4.78, 5) is 18.3. The van der Waals surface area contributed by atoms with Crippen molar-refractivity contribution in [2.75, 3.05) is 56.2 Å². The number of halogens is 2. The number of morpholine rings is 1. The molecule has 0 amide bonds. The molecular weight excluding hydrogens is 552 g/mol. The Morgan fingerprint density at radius 2 is 1.79 bits per heavy atom. The second kappa shape index (κ2) is 13.7. The Hall–Kier alpha value is -3.15. The fourth-order valence-corrected chi connectivity index (χ4v) is 6.09. The maximum Gasteiger partial charge on any atom is 0.296 e. The van der Waals surface area contributed by atoms with Gasteiger partial charge in [0.1, 0.15) is 11.6 Å². The van der Waals surface area contributed by atoms with Crippen molar-refractivity contribution >= 4 is 22.8 Å². The maximum atomic E-state index is 14.2. The molecule has 1 saturated carbocycles. The van der Waals surface area contributed by atoms with Crippen molar-refractivity contribution in [1.29, 1.82) is 0 Å². The Kier molecular flexibility index (Phi) is 9.93. The first-order valence-corrected chi connectivity index (χ1v) is 15.4. The molecule has 2 fully saturated rings. The lowest BCUT2D eigenvalue weighted by Crippen LogP contribution is -2.46. The van der Waals surface area contributed by atoms with E-state index in [4.69, 9.17) is 14.7 Å². The van der Waals surface area contributed by atoms with Crippen LogP contribution in [0.5, 0.6) is 0 Å². The monoisotopic (exact) mass is 597 g/mol. The summed E-state index contributed by atoms with van der Waals surface area (Å²) in [5, 5.41) is 14.0. The van der Waals surface area contributed by atoms with Crippen molar-refractivity contribution in [2.45, 2.75) is 71.4 Å². The molecular formula is C32H45F2N7O2. The minimum Gasteiger partial charge on any atom is -0.389 e. The number of hydrogen-bond donors (Lipinski definition) is 2. The highest BCUT2D eigenvalue weighted by molar-refractivity contribution is 5.78. The Bertz CT molecular complexity index is 1390. The summed E-state index contributed by atoms with van der Waals surface area (Å²) >= 11 is 0. The largest absolute Gasteiger partial charge is 0.389 e. The summed E-state index contributed by atoms with van der Waals surface area (Å²) < 4.78 is 35.3. The molecule has 0 radical (unpaired) electrons. The van der Waals surface area contributed by atoms with Crippen LogP contribution < -0.4 is 10.2 Å². The number of benzene rings is 1. The van der Waals surface area contributed by atoms with Gasteiger partial charge in [0.15, 0.2) is 5.82 Å². The molecule has 3 aromatic rings. The van der Waals surface area contributed by atoms with Crippen molar-refractivity contribution in [2.24, 2.45) is 5.92 Å². The second-order valence-corrected chi connectivity index (χ2v) is 12.7. The predicted octanol–water partition coefficient (Wildman–Crippen LogP) is 5.60. The third kappa shape index (κ3) is 8.07. The van der Waals surface area contributed by atoms with Crippen molar-refractivity contribution in [3.8, 4) is 5.82 Å². The quantitative estimate of drug-likeness (QED) is 0.276. The Morgan fingerprint density at radius 3 is 2.47 bits per heavy atom. The molecule has 1 saturated heterocycles. The molecule has 1 aromatic carbocycles. The van der Waals surface area contributed by atoms with Gasteiger partial charge in [0, 0.05) is 44.8 Å². The zero-order valence-electron chi connectivity index (χ0n) is 25.8. The lowest BCUT2D eigenvalue weighted by atomic mass is 9.85. The molecule has 0 spiro atoms. The molecule has 2 aromatic heterocycles. The summed E-state index contributed by atoms with van der Waals surface area (Å²) in [6.45, 7) is 12.6. The Balaban J connectivity index is 1.34. The molecule has 11 heteroatoms. The molecule has 0 unspecified atom stereocenters. The van der Waals surface area contributed by atoms with Crippen LogP contribution in [0.3, 0.4) is 0 Å². The number of hydrogen-bond acceptors (Lipinski definition) is 8. The second-order valence-electron chi connectivity index (χ2n) is 12.7. The van der Waals surface area contributed by atoms with Gasteiger partial charge in [-0.05, 0) is 71.4 Å². The number of aliphatic hydroxyl groups is 1. The molecule has 1 aliphatic carbocycles. The first-order chi connectivity index (χ1) is 20.6.